The molecule has 1 saturated heterocycles. The largest absolute Gasteiger partial charge is 0.497 e. The first kappa shape index (κ1) is 17.8. The van der Waals surface area contributed by atoms with Crippen molar-refractivity contribution in [2.75, 3.05) is 20.8 Å². The average molecular weight is 361 g/mol. The highest BCUT2D eigenvalue weighted by Crippen LogP contribution is 2.40. The molecular formula is C19H23NO4S. The van der Waals surface area contributed by atoms with Gasteiger partial charge in [-0.3, -0.25) is 0 Å². The summed E-state index contributed by atoms with van der Waals surface area (Å²) in [4.78, 5) is 0. The van der Waals surface area contributed by atoms with Gasteiger partial charge in [-0.2, -0.15) is 4.31 Å². The first-order valence-electron chi connectivity index (χ1n) is 8.30. The molecule has 0 aliphatic carbocycles. The Morgan fingerprint density at radius 1 is 1.08 bits per heavy atom. The van der Waals surface area contributed by atoms with Crippen LogP contribution in [-0.4, -0.2) is 33.5 Å². The van der Waals surface area contributed by atoms with E-state index in [-0.39, 0.29) is 11.8 Å². The quantitative estimate of drug-likeness (QED) is 0.792. The van der Waals surface area contributed by atoms with E-state index in [0.29, 0.717) is 18.0 Å². The number of rotatable bonds is 6. The van der Waals surface area contributed by atoms with E-state index in [0.717, 1.165) is 24.0 Å². The molecule has 134 valence electrons. The van der Waals surface area contributed by atoms with Crippen LogP contribution in [0.25, 0.3) is 0 Å². The van der Waals surface area contributed by atoms with E-state index in [2.05, 4.69) is 0 Å². The normalized spacial score (nSPS) is 18.2. The Balaban J connectivity index is 1.92. The van der Waals surface area contributed by atoms with E-state index in [1.54, 1.807) is 18.5 Å². The van der Waals surface area contributed by atoms with Crippen LogP contribution in [0.2, 0.25) is 0 Å². The van der Waals surface area contributed by atoms with Crippen molar-refractivity contribution in [3.63, 3.8) is 0 Å². The number of hydrogen-bond acceptors (Lipinski definition) is 4. The third kappa shape index (κ3) is 3.80. The summed E-state index contributed by atoms with van der Waals surface area (Å²) in [5.74, 6) is 1.40. The topological polar surface area (TPSA) is 55.8 Å². The van der Waals surface area contributed by atoms with Gasteiger partial charge in [0.1, 0.15) is 11.5 Å². The van der Waals surface area contributed by atoms with Crippen LogP contribution in [0, 0.1) is 0 Å². The maximum absolute atomic E-state index is 13.0. The molecule has 0 amide bonds. The minimum atomic E-state index is -3.42. The van der Waals surface area contributed by atoms with Crippen molar-refractivity contribution >= 4 is 10.0 Å². The molecule has 6 heteroatoms. The number of methoxy groups -OCH3 is 2. The minimum absolute atomic E-state index is 0.0105. The van der Waals surface area contributed by atoms with Gasteiger partial charge in [0.25, 0.3) is 0 Å². The van der Waals surface area contributed by atoms with Gasteiger partial charge in [-0.25, -0.2) is 8.42 Å². The third-order valence-electron chi connectivity index (χ3n) is 4.55. The molecule has 1 fully saturated rings. The number of ether oxygens (including phenoxy) is 2. The number of benzene rings is 2. The molecule has 3 rings (SSSR count). The first-order valence-corrected chi connectivity index (χ1v) is 9.91. The maximum atomic E-state index is 13.0. The van der Waals surface area contributed by atoms with E-state index in [9.17, 15) is 8.42 Å². The Kier molecular flexibility index (Phi) is 5.30. The highest BCUT2D eigenvalue weighted by Gasteiger charge is 2.36. The van der Waals surface area contributed by atoms with Crippen molar-refractivity contribution in [2.45, 2.75) is 24.6 Å². The number of hydrogen-bond donors (Lipinski definition) is 0. The molecule has 1 atom stereocenters. The summed E-state index contributed by atoms with van der Waals surface area (Å²) in [6, 6.07) is 14.6. The third-order valence-corrected chi connectivity index (χ3v) is 6.40. The Morgan fingerprint density at radius 2 is 1.84 bits per heavy atom. The lowest BCUT2D eigenvalue weighted by Crippen LogP contribution is -2.32. The zero-order valence-corrected chi connectivity index (χ0v) is 15.3. The molecule has 0 radical (unpaired) electrons. The zero-order valence-electron chi connectivity index (χ0n) is 14.5. The lowest BCUT2D eigenvalue weighted by molar-refractivity contribution is 0.361. The molecule has 5 nitrogen and oxygen atoms in total. The molecule has 0 N–H and O–H groups in total. The highest BCUT2D eigenvalue weighted by molar-refractivity contribution is 7.88. The van der Waals surface area contributed by atoms with Gasteiger partial charge in [0, 0.05) is 12.1 Å². The molecule has 1 heterocycles. The van der Waals surface area contributed by atoms with Crippen LogP contribution in [0.4, 0.5) is 0 Å². The molecule has 25 heavy (non-hydrogen) atoms. The Hall–Kier alpha value is -2.05. The van der Waals surface area contributed by atoms with Crippen LogP contribution in [0.1, 0.15) is 30.0 Å². The van der Waals surface area contributed by atoms with E-state index >= 15 is 0 Å². The minimum Gasteiger partial charge on any atom is -0.497 e. The summed E-state index contributed by atoms with van der Waals surface area (Å²) >= 11 is 0. The fourth-order valence-corrected chi connectivity index (χ4v) is 5.14. The summed E-state index contributed by atoms with van der Waals surface area (Å²) in [7, 11) is -0.216. The molecule has 1 unspecified atom stereocenters. The van der Waals surface area contributed by atoms with Crippen LogP contribution < -0.4 is 9.47 Å². The molecular weight excluding hydrogens is 338 g/mol. The molecule has 0 bridgehead atoms. The zero-order chi connectivity index (χ0) is 17.9. The fourth-order valence-electron chi connectivity index (χ4n) is 3.35. The predicted octanol–water partition coefficient (Wildman–Crippen LogP) is 3.37. The Labute approximate surface area is 149 Å². The van der Waals surface area contributed by atoms with Crippen molar-refractivity contribution in [2.24, 2.45) is 0 Å². The second-order valence-electron chi connectivity index (χ2n) is 6.12. The summed E-state index contributed by atoms with van der Waals surface area (Å²) in [5.41, 5.74) is 1.65. The van der Waals surface area contributed by atoms with Crippen molar-refractivity contribution < 1.29 is 17.9 Å². The molecule has 0 spiro atoms. The van der Waals surface area contributed by atoms with Gasteiger partial charge < -0.3 is 9.47 Å². The lowest BCUT2D eigenvalue weighted by Gasteiger charge is -2.26. The summed E-state index contributed by atoms with van der Waals surface area (Å²) in [5, 5.41) is 0. The van der Waals surface area contributed by atoms with Gasteiger partial charge in [-0.1, -0.05) is 30.3 Å². The average Bonchev–Trinajstić information content (AvgIpc) is 3.12. The molecule has 0 aromatic heterocycles. The van der Waals surface area contributed by atoms with Gasteiger partial charge >= 0.3 is 0 Å². The monoisotopic (exact) mass is 361 g/mol. The second-order valence-corrected chi connectivity index (χ2v) is 8.04. The van der Waals surface area contributed by atoms with Crippen LogP contribution in [0.5, 0.6) is 11.5 Å². The smallest absolute Gasteiger partial charge is 0.218 e. The Bertz CT molecular complexity index is 821. The molecule has 1 aliphatic heterocycles. The number of nitrogens with zero attached hydrogens (tertiary/aromatic N) is 1. The fraction of sp³-hybridized carbons (Fsp3) is 0.368. The van der Waals surface area contributed by atoms with Crippen LogP contribution in [0.15, 0.2) is 48.5 Å². The van der Waals surface area contributed by atoms with E-state index < -0.39 is 10.0 Å². The van der Waals surface area contributed by atoms with Crippen LogP contribution in [0.3, 0.4) is 0 Å². The van der Waals surface area contributed by atoms with Gasteiger partial charge in [0.05, 0.1) is 26.0 Å². The standard InChI is InChI=1S/C19H23NO4S/c1-23-16-10-11-19(24-2)17(13-16)18-9-6-12-20(18)25(21,22)14-15-7-4-3-5-8-15/h3-5,7-8,10-11,13,18H,6,9,12,14H2,1-2H3. The number of sulfonamides is 1. The molecule has 0 saturated carbocycles. The second kappa shape index (κ2) is 7.45. The van der Waals surface area contributed by atoms with E-state index in [1.165, 1.54) is 0 Å². The van der Waals surface area contributed by atoms with Crippen LogP contribution >= 0.6 is 0 Å². The van der Waals surface area contributed by atoms with Crippen molar-refractivity contribution in [3.8, 4) is 11.5 Å². The van der Waals surface area contributed by atoms with E-state index in [4.69, 9.17) is 9.47 Å². The molecule has 2 aromatic rings. The van der Waals surface area contributed by atoms with Crippen molar-refractivity contribution in [1.82, 2.24) is 4.31 Å². The van der Waals surface area contributed by atoms with Gasteiger partial charge in [-0.05, 0) is 36.6 Å². The molecule has 2 aromatic carbocycles. The Morgan fingerprint density at radius 3 is 2.52 bits per heavy atom. The molecule has 1 aliphatic rings. The van der Waals surface area contributed by atoms with Gasteiger partial charge in [-0.15, -0.1) is 0 Å². The lowest BCUT2D eigenvalue weighted by atomic mass is 10.0. The van der Waals surface area contributed by atoms with Crippen molar-refractivity contribution in [1.29, 1.82) is 0 Å². The van der Waals surface area contributed by atoms with Crippen LogP contribution in [-0.2, 0) is 15.8 Å². The summed E-state index contributed by atoms with van der Waals surface area (Å²) in [6.45, 7) is 0.528. The van der Waals surface area contributed by atoms with Crippen molar-refractivity contribution in [3.05, 3.63) is 59.7 Å². The van der Waals surface area contributed by atoms with Gasteiger partial charge in [0.15, 0.2) is 0 Å². The predicted molar refractivity (Wildman–Crippen MR) is 97.3 cm³/mol. The SMILES string of the molecule is COc1ccc(OC)c(C2CCCN2S(=O)(=O)Cc2ccccc2)c1. The van der Waals surface area contributed by atoms with Gasteiger partial charge in [0.2, 0.25) is 10.0 Å². The summed E-state index contributed by atoms with van der Waals surface area (Å²) < 4.78 is 38.4. The first-order chi connectivity index (χ1) is 12.0. The maximum Gasteiger partial charge on any atom is 0.218 e. The highest BCUT2D eigenvalue weighted by atomic mass is 32.2. The summed E-state index contributed by atoms with van der Waals surface area (Å²) in [6.07, 6.45) is 1.61. The van der Waals surface area contributed by atoms with E-state index in [1.807, 2.05) is 48.5 Å².